The van der Waals surface area contributed by atoms with Gasteiger partial charge in [-0.2, -0.15) is 0 Å². The number of imidazole rings is 1. The Bertz CT molecular complexity index is 624. The summed E-state index contributed by atoms with van der Waals surface area (Å²) in [7, 11) is 1.94. The summed E-state index contributed by atoms with van der Waals surface area (Å²) >= 11 is 0. The number of fused-ring (bicyclic) bond motifs is 1. The predicted molar refractivity (Wildman–Crippen MR) is 78.8 cm³/mol. The maximum Gasteiger partial charge on any atom is 0.151 e. The summed E-state index contributed by atoms with van der Waals surface area (Å²) in [6, 6.07) is 5.08. The molecule has 0 unspecified atom stereocenters. The summed E-state index contributed by atoms with van der Waals surface area (Å²) in [6.45, 7) is 2.23. The Kier molecular flexibility index (Phi) is 3.28. The molecular formula is C16H22FN3. The molecule has 0 saturated heterocycles. The van der Waals surface area contributed by atoms with E-state index < -0.39 is 5.54 Å². The number of nitrogens with zero attached hydrogens (tertiary/aromatic N) is 2. The van der Waals surface area contributed by atoms with E-state index >= 15 is 0 Å². The van der Waals surface area contributed by atoms with E-state index in [0.29, 0.717) is 5.52 Å². The van der Waals surface area contributed by atoms with Crippen LogP contribution in [0.1, 0.15) is 44.9 Å². The van der Waals surface area contributed by atoms with Crippen molar-refractivity contribution in [1.29, 1.82) is 0 Å². The normalized spacial score (nSPS) is 27.1. The van der Waals surface area contributed by atoms with Crippen LogP contribution in [0.5, 0.6) is 0 Å². The summed E-state index contributed by atoms with van der Waals surface area (Å²) < 4.78 is 15.8. The van der Waals surface area contributed by atoms with E-state index in [-0.39, 0.29) is 5.82 Å². The molecule has 0 spiro atoms. The first-order chi connectivity index (χ1) is 9.55. The lowest BCUT2D eigenvalue weighted by molar-refractivity contribution is 0.219. The highest BCUT2D eigenvalue weighted by atomic mass is 19.1. The minimum Gasteiger partial charge on any atom is -0.329 e. The van der Waals surface area contributed by atoms with Crippen molar-refractivity contribution < 1.29 is 4.39 Å². The lowest BCUT2D eigenvalue weighted by Gasteiger charge is -2.36. The average molecular weight is 275 g/mol. The molecule has 2 N–H and O–H groups in total. The van der Waals surface area contributed by atoms with Crippen molar-refractivity contribution in [2.45, 2.75) is 44.6 Å². The third kappa shape index (κ3) is 2.03. The largest absolute Gasteiger partial charge is 0.329 e. The Balaban J connectivity index is 2.02. The molecule has 0 bridgehead atoms. The molecule has 1 saturated carbocycles. The number of nitrogens with two attached hydrogens (primary N) is 1. The van der Waals surface area contributed by atoms with Crippen LogP contribution in [0.2, 0.25) is 0 Å². The van der Waals surface area contributed by atoms with Gasteiger partial charge in [0.1, 0.15) is 11.3 Å². The number of halogens is 1. The van der Waals surface area contributed by atoms with Crippen LogP contribution >= 0.6 is 0 Å². The Morgan fingerprint density at radius 2 is 2.10 bits per heavy atom. The van der Waals surface area contributed by atoms with Crippen LogP contribution < -0.4 is 5.73 Å². The van der Waals surface area contributed by atoms with Gasteiger partial charge in [-0.15, -0.1) is 0 Å². The van der Waals surface area contributed by atoms with E-state index in [2.05, 4.69) is 11.9 Å². The summed E-state index contributed by atoms with van der Waals surface area (Å²) in [6.07, 6.45) is 5.36. The molecule has 2 aromatic rings. The van der Waals surface area contributed by atoms with Gasteiger partial charge in [-0.25, -0.2) is 9.37 Å². The molecule has 0 amide bonds. The fourth-order valence-corrected chi connectivity index (χ4v) is 3.45. The quantitative estimate of drug-likeness (QED) is 0.912. The molecule has 0 aliphatic heterocycles. The van der Waals surface area contributed by atoms with Crippen molar-refractivity contribution >= 4 is 11.0 Å². The number of aromatic nitrogens is 2. The maximum absolute atomic E-state index is 13.9. The number of rotatable bonds is 2. The topological polar surface area (TPSA) is 43.8 Å². The Morgan fingerprint density at radius 3 is 2.70 bits per heavy atom. The van der Waals surface area contributed by atoms with Crippen LogP contribution in [0.15, 0.2) is 18.2 Å². The van der Waals surface area contributed by atoms with E-state index in [4.69, 9.17) is 5.73 Å². The molecule has 1 fully saturated rings. The van der Waals surface area contributed by atoms with Gasteiger partial charge in [0, 0.05) is 7.05 Å². The third-order valence-corrected chi connectivity index (χ3v) is 4.88. The smallest absolute Gasteiger partial charge is 0.151 e. The lowest BCUT2D eigenvalue weighted by Crippen LogP contribution is -2.42. The second kappa shape index (κ2) is 4.85. The summed E-state index contributed by atoms with van der Waals surface area (Å²) in [5.41, 5.74) is 7.45. The Hall–Kier alpha value is -1.42. The average Bonchev–Trinajstić information content (AvgIpc) is 2.80. The third-order valence-electron chi connectivity index (χ3n) is 4.88. The monoisotopic (exact) mass is 275 g/mol. The van der Waals surface area contributed by atoms with Crippen LogP contribution in [0.4, 0.5) is 4.39 Å². The first-order valence-electron chi connectivity index (χ1n) is 7.45. The SMILES string of the molecule is CCC1CCC(N)(c2nc3c(F)cccc3n2C)CC1. The van der Waals surface area contributed by atoms with Crippen molar-refractivity contribution in [3.8, 4) is 0 Å². The number of para-hydroxylation sites is 1. The molecule has 0 atom stereocenters. The van der Waals surface area contributed by atoms with Gasteiger partial charge in [0.15, 0.2) is 5.82 Å². The highest BCUT2D eigenvalue weighted by Crippen LogP contribution is 2.39. The van der Waals surface area contributed by atoms with Crippen LogP contribution in [0.3, 0.4) is 0 Å². The van der Waals surface area contributed by atoms with Gasteiger partial charge in [-0.05, 0) is 43.7 Å². The van der Waals surface area contributed by atoms with Gasteiger partial charge in [0.25, 0.3) is 0 Å². The van der Waals surface area contributed by atoms with Crippen molar-refractivity contribution in [3.63, 3.8) is 0 Å². The lowest BCUT2D eigenvalue weighted by atomic mass is 9.75. The van der Waals surface area contributed by atoms with Gasteiger partial charge < -0.3 is 10.3 Å². The highest BCUT2D eigenvalue weighted by molar-refractivity contribution is 5.76. The van der Waals surface area contributed by atoms with Crippen LogP contribution in [0, 0.1) is 11.7 Å². The van der Waals surface area contributed by atoms with Crippen LogP contribution in [-0.2, 0) is 12.6 Å². The van der Waals surface area contributed by atoms with E-state index in [1.807, 2.05) is 17.7 Å². The maximum atomic E-state index is 13.9. The van der Waals surface area contributed by atoms with E-state index in [1.165, 1.54) is 12.5 Å². The Morgan fingerprint density at radius 1 is 1.40 bits per heavy atom. The molecule has 3 nitrogen and oxygen atoms in total. The van der Waals surface area contributed by atoms with Crippen molar-refractivity contribution in [1.82, 2.24) is 9.55 Å². The van der Waals surface area contributed by atoms with E-state index in [1.54, 1.807) is 6.07 Å². The van der Waals surface area contributed by atoms with Crippen molar-refractivity contribution in [2.75, 3.05) is 0 Å². The number of benzene rings is 1. The minimum atomic E-state index is -0.411. The molecule has 108 valence electrons. The van der Waals surface area contributed by atoms with Gasteiger partial charge in [0.2, 0.25) is 0 Å². The summed E-state index contributed by atoms with van der Waals surface area (Å²) in [5.74, 6) is 1.33. The number of hydrogen-bond acceptors (Lipinski definition) is 2. The Labute approximate surface area is 119 Å². The first kappa shape index (κ1) is 13.6. The van der Waals surface area contributed by atoms with Gasteiger partial charge in [-0.3, -0.25) is 0 Å². The molecule has 1 aliphatic rings. The van der Waals surface area contributed by atoms with Gasteiger partial charge in [0.05, 0.1) is 11.1 Å². The summed E-state index contributed by atoms with van der Waals surface area (Å²) in [4.78, 5) is 4.52. The standard InChI is InChI=1S/C16H22FN3/c1-3-11-7-9-16(18,10-8-11)15-19-14-12(17)5-4-6-13(14)20(15)2/h4-6,11H,3,7-10,18H2,1-2H3. The molecule has 1 aromatic heterocycles. The van der Waals surface area contributed by atoms with E-state index in [0.717, 1.165) is 42.9 Å². The molecule has 1 heterocycles. The molecule has 1 aliphatic carbocycles. The molecule has 1 aromatic carbocycles. The summed E-state index contributed by atoms with van der Waals surface area (Å²) in [5, 5.41) is 0. The van der Waals surface area contributed by atoms with Crippen LogP contribution in [0.25, 0.3) is 11.0 Å². The van der Waals surface area contributed by atoms with Crippen LogP contribution in [-0.4, -0.2) is 9.55 Å². The highest BCUT2D eigenvalue weighted by Gasteiger charge is 2.36. The van der Waals surface area contributed by atoms with E-state index in [9.17, 15) is 4.39 Å². The molecular weight excluding hydrogens is 253 g/mol. The zero-order valence-corrected chi connectivity index (χ0v) is 12.2. The van der Waals surface area contributed by atoms with Gasteiger partial charge in [-0.1, -0.05) is 19.4 Å². The molecule has 0 radical (unpaired) electrons. The second-order valence-corrected chi connectivity index (χ2v) is 6.11. The zero-order chi connectivity index (χ0) is 14.3. The number of hydrogen-bond donors (Lipinski definition) is 1. The fraction of sp³-hybridized carbons (Fsp3) is 0.562. The van der Waals surface area contributed by atoms with Gasteiger partial charge >= 0.3 is 0 Å². The molecule has 4 heteroatoms. The minimum absolute atomic E-state index is 0.268. The number of aryl methyl sites for hydroxylation is 1. The predicted octanol–water partition coefficient (Wildman–Crippen LogP) is 3.47. The van der Waals surface area contributed by atoms with Crippen molar-refractivity contribution in [3.05, 3.63) is 29.8 Å². The second-order valence-electron chi connectivity index (χ2n) is 6.11. The molecule has 20 heavy (non-hydrogen) atoms. The van der Waals surface area contributed by atoms with Crippen molar-refractivity contribution in [2.24, 2.45) is 18.7 Å². The fourth-order valence-electron chi connectivity index (χ4n) is 3.45. The zero-order valence-electron chi connectivity index (χ0n) is 12.2. The molecule has 3 rings (SSSR count). The first-order valence-corrected chi connectivity index (χ1v) is 7.45.